The van der Waals surface area contributed by atoms with Crippen LogP contribution in [0.2, 0.25) is 0 Å². The highest BCUT2D eigenvalue weighted by molar-refractivity contribution is 5.76. The number of benzene rings is 1. The zero-order valence-electron chi connectivity index (χ0n) is 20.4. The van der Waals surface area contributed by atoms with Crippen LogP contribution in [0, 0.1) is 5.92 Å². The van der Waals surface area contributed by atoms with E-state index in [1.54, 1.807) is 13.2 Å². The molecule has 34 heavy (non-hydrogen) atoms. The van der Waals surface area contributed by atoms with Crippen LogP contribution in [0.5, 0.6) is 11.5 Å². The fourth-order valence-electron chi connectivity index (χ4n) is 4.33. The standard InChI is InChI=1S/C25H35N5O4/c1-17(2)29-11-13-30(14-12-29)23(31)10-8-20-25(32)26-24(28-27-20)19-7-9-21(22(15-19)33-3)34-16-18-5-4-6-18/h7,9,15,17-18H,4-6,8,10-14,16H2,1-3H3,(H,26,28,32). The summed E-state index contributed by atoms with van der Waals surface area (Å²) < 4.78 is 11.4. The number of carbonyl (C=O) groups is 1. The number of aromatic nitrogens is 3. The number of aryl methyl sites for hydroxylation is 1. The van der Waals surface area contributed by atoms with Crippen LogP contribution in [-0.2, 0) is 11.2 Å². The zero-order chi connectivity index (χ0) is 24.1. The number of amides is 1. The summed E-state index contributed by atoms with van der Waals surface area (Å²) in [7, 11) is 1.59. The molecule has 184 valence electrons. The Morgan fingerprint density at radius 1 is 1.15 bits per heavy atom. The van der Waals surface area contributed by atoms with E-state index < -0.39 is 0 Å². The normalized spacial score (nSPS) is 17.0. The number of ether oxygens (including phenoxy) is 2. The van der Waals surface area contributed by atoms with Crippen molar-refractivity contribution < 1.29 is 14.3 Å². The molecular weight excluding hydrogens is 434 g/mol. The number of carbonyl (C=O) groups excluding carboxylic acids is 1. The van der Waals surface area contributed by atoms with Crippen molar-refractivity contribution in [1.29, 1.82) is 0 Å². The average Bonchev–Trinajstić information content (AvgIpc) is 2.82. The van der Waals surface area contributed by atoms with E-state index >= 15 is 0 Å². The number of hydrogen-bond donors (Lipinski definition) is 1. The van der Waals surface area contributed by atoms with Crippen molar-refractivity contribution >= 4 is 5.91 Å². The predicted octanol–water partition coefficient (Wildman–Crippen LogP) is 2.50. The first kappa shape index (κ1) is 24.2. The number of piperazine rings is 1. The molecule has 2 fully saturated rings. The Morgan fingerprint density at radius 3 is 2.53 bits per heavy atom. The summed E-state index contributed by atoms with van der Waals surface area (Å²) in [6.45, 7) is 8.23. The Hall–Kier alpha value is -2.94. The van der Waals surface area contributed by atoms with E-state index in [4.69, 9.17) is 9.47 Å². The molecule has 2 aliphatic rings. The molecule has 0 unspecified atom stereocenters. The lowest BCUT2D eigenvalue weighted by Gasteiger charge is -2.37. The number of methoxy groups -OCH3 is 1. The quantitative estimate of drug-likeness (QED) is 0.602. The van der Waals surface area contributed by atoms with Crippen LogP contribution in [0.4, 0.5) is 0 Å². The van der Waals surface area contributed by atoms with E-state index in [0.717, 1.165) is 26.2 Å². The molecule has 0 spiro atoms. The minimum atomic E-state index is -0.327. The molecule has 1 aliphatic carbocycles. The highest BCUT2D eigenvalue weighted by Crippen LogP contribution is 2.33. The summed E-state index contributed by atoms with van der Waals surface area (Å²) in [5.74, 6) is 2.30. The number of rotatable bonds is 9. The van der Waals surface area contributed by atoms with Crippen molar-refractivity contribution in [3.05, 3.63) is 34.2 Å². The lowest BCUT2D eigenvalue weighted by Crippen LogP contribution is -2.50. The van der Waals surface area contributed by atoms with Gasteiger partial charge in [0, 0.05) is 50.6 Å². The predicted molar refractivity (Wildman–Crippen MR) is 129 cm³/mol. The fourth-order valence-corrected chi connectivity index (χ4v) is 4.33. The molecule has 9 nitrogen and oxygen atoms in total. The third-order valence-electron chi connectivity index (χ3n) is 6.87. The maximum Gasteiger partial charge on any atom is 0.273 e. The molecule has 1 aromatic heterocycles. The SMILES string of the molecule is COc1cc(-c2nnc(CCC(=O)N3CCN(C(C)C)CC3)c(=O)[nH]2)ccc1OCC1CCC1. The molecular formula is C25H35N5O4. The molecule has 9 heteroatoms. The van der Waals surface area contributed by atoms with Gasteiger partial charge in [-0.05, 0) is 50.8 Å². The molecule has 0 bridgehead atoms. The van der Waals surface area contributed by atoms with Gasteiger partial charge in [0.05, 0.1) is 13.7 Å². The topological polar surface area (TPSA) is 101 Å². The highest BCUT2D eigenvalue weighted by atomic mass is 16.5. The van der Waals surface area contributed by atoms with Gasteiger partial charge in [0.1, 0.15) is 5.69 Å². The molecule has 2 aromatic rings. The zero-order valence-corrected chi connectivity index (χ0v) is 20.4. The minimum Gasteiger partial charge on any atom is -0.493 e. The van der Waals surface area contributed by atoms with E-state index in [2.05, 4.69) is 33.9 Å². The van der Waals surface area contributed by atoms with Crippen molar-refractivity contribution in [3.63, 3.8) is 0 Å². The second kappa shape index (κ2) is 11.0. The molecule has 1 saturated heterocycles. The van der Waals surface area contributed by atoms with E-state index in [0.29, 0.717) is 41.5 Å². The number of H-pyrrole nitrogens is 1. The second-order valence-electron chi connectivity index (χ2n) is 9.43. The minimum absolute atomic E-state index is 0.0518. The molecule has 1 saturated carbocycles. The van der Waals surface area contributed by atoms with E-state index in [1.807, 2.05) is 17.0 Å². The van der Waals surface area contributed by atoms with Gasteiger partial charge in [-0.1, -0.05) is 6.42 Å². The fraction of sp³-hybridized carbons (Fsp3) is 0.600. The van der Waals surface area contributed by atoms with Gasteiger partial charge < -0.3 is 19.4 Å². The number of hydrogen-bond acceptors (Lipinski definition) is 7. The maximum absolute atomic E-state index is 12.6. The van der Waals surface area contributed by atoms with Crippen LogP contribution in [0.25, 0.3) is 11.4 Å². The molecule has 1 amide bonds. The summed E-state index contributed by atoms with van der Waals surface area (Å²) in [5.41, 5.74) is 0.625. The van der Waals surface area contributed by atoms with Crippen LogP contribution < -0.4 is 15.0 Å². The van der Waals surface area contributed by atoms with Crippen molar-refractivity contribution in [2.75, 3.05) is 39.9 Å². The van der Waals surface area contributed by atoms with Gasteiger partial charge in [0.2, 0.25) is 5.91 Å². The Kier molecular flexibility index (Phi) is 7.82. The van der Waals surface area contributed by atoms with Gasteiger partial charge in [0.25, 0.3) is 5.56 Å². The first-order valence-corrected chi connectivity index (χ1v) is 12.2. The average molecular weight is 470 g/mol. The lowest BCUT2D eigenvalue weighted by molar-refractivity contribution is -0.133. The molecule has 2 heterocycles. The first-order chi connectivity index (χ1) is 16.4. The van der Waals surface area contributed by atoms with Gasteiger partial charge in [-0.15, -0.1) is 10.2 Å². The Balaban J connectivity index is 1.35. The van der Waals surface area contributed by atoms with Crippen LogP contribution in [-0.4, -0.2) is 76.8 Å². The Labute approximate surface area is 200 Å². The van der Waals surface area contributed by atoms with E-state index in [1.165, 1.54) is 19.3 Å². The first-order valence-electron chi connectivity index (χ1n) is 12.2. The summed E-state index contributed by atoms with van der Waals surface area (Å²) >= 11 is 0. The van der Waals surface area contributed by atoms with Crippen molar-refractivity contribution in [2.24, 2.45) is 5.92 Å². The largest absolute Gasteiger partial charge is 0.493 e. The van der Waals surface area contributed by atoms with E-state index in [-0.39, 0.29) is 30.0 Å². The summed E-state index contributed by atoms with van der Waals surface area (Å²) in [5, 5.41) is 8.32. The Morgan fingerprint density at radius 2 is 1.91 bits per heavy atom. The summed E-state index contributed by atoms with van der Waals surface area (Å²) in [6.07, 6.45) is 4.21. The van der Waals surface area contributed by atoms with Crippen LogP contribution in [0.15, 0.2) is 23.0 Å². The van der Waals surface area contributed by atoms with Gasteiger partial charge >= 0.3 is 0 Å². The van der Waals surface area contributed by atoms with Crippen molar-refractivity contribution in [2.45, 2.75) is 52.0 Å². The van der Waals surface area contributed by atoms with Gasteiger partial charge in [-0.3, -0.25) is 14.5 Å². The van der Waals surface area contributed by atoms with Crippen LogP contribution in [0.1, 0.15) is 45.2 Å². The monoisotopic (exact) mass is 469 g/mol. The van der Waals surface area contributed by atoms with Crippen molar-refractivity contribution in [3.8, 4) is 22.9 Å². The molecule has 1 aromatic carbocycles. The Bertz CT molecular complexity index is 1040. The molecule has 0 radical (unpaired) electrons. The van der Waals surface area contributed by atoms with Gasteiger partial charge in [0.15, 0.2) is 17.3 Å². The smallest absolute Gasteiger partial charge is 0.273 e. The van der Waals surface area contributed by atoms with Crippen LogP contribution >= 0.6 is 0 Å². The van der Waals surface area contributed by atoms with Crippen LogP contribution in [0.3, 0.4) is 0 Å². The van der Waals surface area contributed by atoms with Gasteiger partial charge in [-0.25, -0.2) is 0 Å². The number of aromatic amines is 1. The van der Waals surface area contributed by atoms with Gasteiger partial charge in [-0.2, -0.15) is 0 Å². The lowest BCUT2D eigenvalue weighted by atomic mass is 9.86. The number of nitrogens with zero attached hydrogens (tertiary/aromatic N) is 4. The third-order valence-corrected chi connectivity index (χ3v) is 6.87. The molecule has 1 aliphatic heterocycles. The highest BCUT2D eigenvalue weighted by Gasteiger charge is 2.23. The van der Waals surface area contributed by atoms with E-state index in [9.17, 15) is 9.59 Å². The number of nitrogens with one attached hydrogen (secondary N) is 1. The second-order valence-corrected chi connectivity index (χ2v) is 9.43. The maximum atomic E-state index is 12.6. The summed E-state index contributed by atoms with van der Waals surface area (Å²) in [4.78, 5) is 32.2. The molecule has 0 atom stereocenters. The molecule has 1 N–H and O–H groups in total. The molecule has 4 rings (SSSR count). The van der Waals surface area contributed by atoms with Crippen molar-refractivity contribution in [1.82, 2.24) is 25.0 Å². The third kappa shape index (κ3) is 5.75. The summed E-state index contributed by atoms with van der Waals surface area (Å²) in [6, 6.07) is 5.94.